The molecule has 0 aliphatic rings. The van der Waals surface area contributed by atoms with Crippen LogP contribution in [0.25, 0.3) is 21.2 Å². The van der Waals surface area contributed by atoms with Crippen molar-refractivity contribution in [2.45, 2.75) is 0 Å². The summed E-state index contributed by atoms with van der Waals surface area (Å²) in [6, 6.07) is 17.4. The van der Waals surface area contributed by atoms with E-state index in [0.717, 1.165) is 14.2 Å². The number of anilines is 1. The molecule has 2 heterocycles. The van der Waals surface area contributed by atoms with Crippen LogP contribution in [0.2, 0.25) is 0 Å². The number of para-hydroxylation sites is 1. The van der Waals surface area contributed by atoms with Gasteiger partial charge in [0.15, 0.2) is 0 Å². The number of fused-ring (bicyclic) bond motifs is 2. The highest BCUT2D eigenvalue weighted by atomic mass is 79.9. The molecule has 0 aliphatic carbocycles. The second-order valence-corrected chi connectivity index (χ2v) is 9.51. The van der Waals surface area contributed by atoms with Crippen LogP contribution < -0.4 is 19.9 Å². The number of thiazole rings is 1. The van der Waals surface area contributed by atoms with E-state index in [2.05, 4.69) is 26.0 Å². The number of methoxy groups -OCH3 is 2. The highest BCUT2D eigenvalue weighted by molar-refractivity contribution is 9.10. The van der Waals surface area contributed by atoms with Gasteiger partial charge in [-0.25, -0.2) is 4.98 Å². The van der Waals surface area contributed by atoms with Gasteiger partial charge in [0, 0.05) is 16.1 Å². The Hall–Kier alpha value is -4.02. The third-order valence-corrected chi connectivity index (χ3v) is 6.82. The van der Waals surface area contributed by atoms with E-state index >= 15 is 0 Å². The van der Waals surface area contributed by atoms with Crippen molar-refractivity contribution in [2.24, 2.45) is 5.10 Å². The first-order valence-electron chi connectivity index (χ1n) is 10.6. The van der Waals surface area contributed by atoms with Crippen LogP contribution in [0.3, 0.4) is 0 Å². The molecule has 2 aromatic heterocycles. The topological polar surface area (TPSA) is 94.2 Å². The second kappa shape index (κ2) is 9.92. The first-order chi connectivity index (χ1) is 17.5. The third kappa shape index (κ3) is 4.60. The number of carbonyl (C=O) groups excluding carboxylic acids is 1. The number of nitrogens with zero attached hydrogens (tertiary/aromatic N) is 3. The molecular formula is C26H18BrN3O5S. The first-order valence-corrected chi connectivity index (χ1v) is 12.3. The molecule has 0 spiro atoms. The number of aromatic nitrogens is 1. The molecular weight excluding hydrogens is 546 g/mol. The summed E-state index contributed by atoms with van der Waals surface area (Å²) in [5.74, 6) is 0.418. The fourth-order valence-electron chi connectivity index (χ4n) is 3.52. The van der Waals surface area contributed by atoms with Crippen LogP contribution in [0, 0.1) is 0 Å². The average Bonchev–Trinajstić information content (AvgIpc) is 3.32. The first kappa shape index (κ1) is 23.7. The summed E-state index contributed by atoms with van der Waals surface area (Å²) in [5, 5.41) is 6.29. The maximum Gasteiger partial charge on any atom is 0.281 e. The lowest BCUT2D eigenvalue weighted by atomic mass is 10.2. The van der Waals surface area contributed by atoms with Crippen molar-refractivity contribution in [1.29, 1.82) is 0 Å². The van der Waals surface area contributed by atoms with Crippen molar-refractivity contribution >= 4 is 65.7 Å². The quantitative estimate of drug-likeness (QED) is 0.189. The molecule has 180 valence electrons. The Balaban J connectivity index is 1.62. The highest BCUT2D eigenvalue weighted by Gasteiger charge is 2.23. The number of ether oxygens (including phenoxy) is 2. The number of rotatable bonds is 6. The number of halogens is 1. The van der Waals surface area contributed by atoms with E-state index in [1.807, 2.05) is 18.2 Å². The Morgan fingerprint density at radius 3 is 2.58 bits per heavy atom. The van der Waals surface area contributed by atoms with Gasteiger partial charge in [-0.15, -0.1) is 0 Å². The van der Waals surface area contributed by atoms with Crippen molar-refractivity contribution in [3.8, 4) is 11.5 Å². The van der Waals surface area contributed by atoms with E-state index in [0.29, 0.717) is 33.1 Å². The van der Waals surface area contributed by atoms with Crippen molar-refractivity contribution in [1.82, 2.24) is 4.98 Å². The van der Waals surface area contributed by atoms with Gasteiger partial charge in [0.25, 0.3) is 5.91 Å². The van der Waals surface area contributed by atoms with Gasteiger partial charge < -0.3 is 13.9 Å². The number of hydrogen-bond acceptors (Lipinski definition) is 8. The van der Waals surface area contributed by atoms with E-state index < -0.39 is 5.91 Å². The summed E-state index contributed by atoms with van der Waals surface area (Å²) in [7, 11) is 3.01. The molecule has 0 radical (unpaired) electrons. The average molecular weight is 564 g/mol. The smallest absolute Gasteiger partial charge is 0.281 e. The van der Waals surface area contributed by atoms with Crippen LogP contribution in [0.5, 0.6) is 11.5 Å². The summed E-state index contributed by atoms with van der Waals surface area (Å²) in [4.78, 5) is 31.3. The minimum Gasteiger partial charge on any atom is -0.497 e. The minimum absolute atomic E-state index is 0.193. The fraction of sp³-hybridized carbons (Fsp3) is 0.0769. The third-order valence-electron chi connectivity index (χ3n) is 5.33. The molecule has 0 atom stereocenters. The molecule has 10 heteroatoms. The zero-order chi connectivity index (χ0) is 25.2. The van der Waals surface area contributed by atoms with Gasteiger partial charge in [-0.2, -0.15) is 10.1 Å². The molecule has 5 aromatic rings. The Bertz CT molecular complexity index is 1670. The van der Waals surface area contributed by atoms with Gasteiger partial charge in [0.1, 0.15) is 23.3 Å². The van der Waals surface area contributed by atoms with E-state index in [-0.39, 0.29) is 16.6 Å². The van der Waals surface area contributed by atoms with Crippen LogP contribution in [-0.2, 0) is 0 Å². The molecule has 36 heavy (non-hydrogen) atoms. The molecule has 0 saturated carbocycles. The van der Waals surface area contributed by atoms with Crippen LogP contribution in [-0.4, -0.2) is 31.3 Å². The summed E-state index contributed by atoms with van der Waals surface area (Å²) in [5.41, 5.74) is 1.38. The van der Waals surface area contributed by atoms with Gasteiger partial charge in [-0.3, -0.25) is 9.59 Å². The Morgan fingerprint density at radius 1 is 1.08 bits per heavy atom. The predicted molar refractivity (Wildman–Crippen MR) is 144 cm³/mol. The number of carbonyl (C=O) groups is 1. The molecule has 8 nitrogen and oxygen atoms in total. The predicted octanol–water partition coefficient (Wildman–Crippen LogP) is 5.86. The minimum atomic E-state index is -0.480. The van der Waals surface area contributed by atoms with E-state index in [4.69, 9.17) is 13.9 Å². The molecule has 0 bridgehead atoms. The molecule has 0 N–H and O–H groups in total. The Kier molecular flexibility index (Phi) is 6.53. The van der Waals surface area contributed by atoms with Crippen LogP contribution >= 0.6 is 27.3 Å². The molecule has 0 aliphatic heterocycles. The Morgan fingerprint density at radius 2 is 1.83 bits per heavy atom. The summed E-state index contributed by atoms with van der Waals surface area (Å²) < 4.78 is 18.0. The van der Waals surface area contributed by atoms with E-state index in [1.165, 1.54) is 38.0 Å². The molecule has 0 fully saturated rings. The standard InChI is InChI=1S/C26H18BrN3O5S/c1-33-18-9-15(10-19(12-18)34-2)25(32)30(26-29-21-8-7-17(27)11-23(21)36-26)28-13-16-14-35-22-6-4-3-5-20(22)24(16)31/h3-14H,1-2H3/b28-13+. The zero-order valence-electron chi connectivity index (χ0n) is 19.1. The molecule has 0 saturated heterocycles. The lowest BCUT2D eigenvalue weighted by Gasteiger charge is -2.15. The molecule has 5 rings (SSSR count). The fourth-order valence-corrected chi connectivity index (χ4v) is 4.99. The largest absolute Gasteiger partial charge is 0.497 e. The normalized spacial score (nSPS) is 11.3. The second-order valence-electron chi connectivity index (χ2n) is 7.59. The van der Waals surface area contributed by atoms with Gasteiger partial charge in [-0.05, 0) is 42.5 Å². The molecule has 1 amide bonds. The number of benzene rings is 3. The molecule has 3 aromatic carbocycles. The molecule has 0 unspecified atom stereocenters. The maximum absolute atomic E-state index is 13.7. The monoisotopic (exact) mass is 563 g/mol. The van der Waals surface area contributed by atoms with E-state index in [1.54, 1.807) is 42.5 Å². The summed E-state index contributed by atoms with van der Waals surface area (Å²) in [6.07, 6.45) is 2.62. The van der Waals surface area contributed by atoms with Crippen LogP contribution in [0.15, 0.2) is 85.7 Å². The van der Waals surface area contributed by atoms with Crippen LogP contribution in [0.1, 0.15) is 15.9 Å². The summed E-state index contributed by atoms with van der Waals surface area (Å²) in [6.45, 7) is 0. The van der Waals surface area contributed by atoms with Gasteiger partial charge in [0.2, 0.25) is 10.6 Å². The number of amides is 1. The number of hydrazone groups is 1. The number of hydrogen-bond donors (Lipinski definition) is 0. The highest BCUT2D eigenvalue weighted by Crippen LogP contribution is 2.33. The van der Waals surface area contributed by atoms with Gasteiger partial charge in [-0.1, -0.05) is 39.4 Å². The lowest BCUT2D eigenvalue weighted by Crippen LogP contribution is -2.26. The lowest BCUT2D eigenvalue weighted by molar-refractivity contribution is 0.0987. The zero-order valence-corrected chi connectivity index (χ0v) is 21.5. The Labute approximate surface area is 217 Å². The van der Waals surface area contributed by atoms with Crippen molar-refractivity contribution in [3.63, 3.8) is 0 Å². The van der Waals surface area contributed by atoms with Gasteiger partial charge >= 0.3 is 0 Å². The van der Waals surface area contributed by atoms with Crippen molar-refractivity contribution < 1.29 is 18.7 Å². The van der Waals surface area contributed by atoms with Crippen molar-refractivity contribution in [2.75, 3.05) is 19.2 Å². The van der Waals surface area contributed by atoms with Gasteiger partial charge in [0.05, 0.1) is 41.6 Å². The maximum atomic E-state index is 13.7. The van der Waals surface area contributed by atoms with Crippen molar-refractivity contribution in [3.05, 3.63) is 92.7 Å². The van der Waals surface area contributed by atoms with Crippen LogP contribution in [0.4, 0.5) is 5.13 Å². The SMILES string of the molecule is COc1cc(OC)cc(C(=O)N(/N=C/c2coc3ccccc3c2=O)c2nc3ccc(Br)cc3s2)c1. The summed E-state index contributed by atoms with van der Waals surface area (Å²) >= 11 is 4.75. The van der Waals surface area contributed by atoms with E-state index in [9.17, 15) is 9.59 Å².